The number of likely N-dealkylation sites (tertiary alicyclic amines) is 1. The van der Waals surface area contributed by atoms with Crippen molar-refractivity contribution in [2.24, 2.45) is 0 Å². The van der Waals surface area contributed by atoms with Crippen LogP contribution < -0.4 is 5.32 Å². The first-order chi connectivity index (χ1) is 11.6. The molecule has 0 atom stereocenters. The number of hydrogen-bond donors (Lipinski definition) is 1. The third-order valence-corrected chi connectivity index (χ3v) is 5.48. The molecule has 1 aliphatic heterocycles. The second-order valence-electron chi connectivity index (χ2n) is 6.50. The lowest BCUT2D eigenvalue weighted by Crippen LogP contribution is -2.24. The zero-order valence-electron chi connectivity index (χ0n) is 14.5. The van der Waals surface area contributed by atoms with Gasteiger partial charge in [0.2, 0.25) is 5.91 Å². The van der Waals surface area contributed by atoms with Gasteiger partial charge in [-0.15, -0.1) is 11.3 Å². The lowest BCUT2D eigenvalue weighted by Gasteiger charge is -2.15. The fourth-order valence-corrected chi connectivity index (χ4v) is 4.12. The minimum absolute atomic E-state index is 0.0618. The highest BCUT2D eigenvalue weighted by Crippen LogP contribution is 2.18. The fourth-order valence-electron chi connectivity index (χ4n) is 3.18. The number of benzene rings is 1. The molecule has 4 nitrogen and oxygen atoms in total. The zero-order valence-corrected chi connectivity index (χ0v) is 15.3. The molecule has 2 heterocycles. The van der Waals surface area contributed by atoms with E-state index >= 15 is 0 Å². The summed E-state index contributed by atoms with van der Waals surface area (Å²) >= 11 is 1.61. The summed E-state index contributed by atoms with van der Waals surface area (Å²) < 4.78 is 0. The van der Waals surface area contributed by atoms with Gasteiger partial charge in [0, 0.05) is 18.0 Å². The highest BCUT2D eigenvalue weighted by Gasteiger charge is 2.12. The van der Waals surface area contributed by atoms with E-state index in [1.807, 2.05) is 13.8 Å². The standard InChI is InChI=1S/C19H25N3OS/c1-14-18(24-15(2)21-14)11-19(23)20-12-16-6-5-7-17(10-16)13-22-8-3-4-9-22/h5-7,10H,3-4,8-9,11-13H2,1-2H3,(H,20,23). The third-order valence-electron chi connectivity index (χ3n) is 4.41. The van der Waals surface area contributed by atoms with Gasteiger partial charge in [0.05, 0.1) is 17.1 Å². The second-order valence-corrected chi connectivity index (χ2v) is 7.79. The van der Waals surface area contributed by atoms with Crippen molar-refractivity contribution >= 4 is 17.2 Å². The van der Waals surface area contributed by atoms with Gasteiger partial charge in [-0.05, 0) is 50.9 Å². The molecule has 3 rings (SSSR count). The van der Waals surface area contributed by atoms with Gasteiger partial charge in [0.1, 0.15) is 0 Å². The van der Waals surface area contributed by atoms with Crippen LogP contribution >= 0.6 is 11.3 Å². The number of hydrogen-bond acceptors (Lipinski definition) is 4. The lowest BCUT2D eigenvalue weighted by atomic mass is 10.1. The number of rotatable bonds is 6. The molecule has 1 N–H and O–H groups in total. The highest BCUT2D eigenvalue weighted by atomic mass is 32.1. The smallest absolute Gasteiger partial charge is 0.225 e. The predicted molar refractivity (Wildman–Crippen MR) is 98.1 cm³/mol. The van der Waals surface area contributed by atoms with Gasteiger partial charge >= 0.3 is 0 Å². The fraction of sp³-hybridized carbons (Fsp3) is 0.474. The number of aromatic nitrogens is 1. The summed E-state index contributed by atoms with van der Waals surface area (Å²) in [4.78, 5) is 20.1. The normalized spacial score (nSPS) is 14.9. The lowest BCUT2D eigenvalue weighted by molar-refractivity contribution is -0.120. The van der Waals surface area contributed by atoms with Crippen molar-refractivity contribution in [3.8, 4) is 0 Å². The molecule has 24 heavy (non-hydrogen) atoms. The van der Waals surface area contributed by atoms with E-state index in [1.54, 1.807) is 11.3 Å². The molecule has 1 saturated heterocycles. The quantitative estimate of drug-likeness (QED) is 0.876. The largest absolute Gasteiger partial charge is 0.352 e. The Hall–Kier alpha value is -1.72. The van der Waals surface area contributed by atoms with E-state index in [9.17, 15) is 4.79 Å². The predicted octanol–water partition coefficient (Wildman–Crippen LogP) is 3.21. The molecule has 128 valence electrons. The highest BCUT2D eigenvalue weighted by molar-refractivity contribution is 7.11. The van der Waals surface area contributed by atoms with Gasteiger partial charge in [-0.25, -0.2) is 4.98 Å². The molecule has 1 aromatic carbocycles. The molecule has 1 aliphatic rings. The van der Waals surface area contributed by atoms with E-state index in [0.717, 1.165) is 27.7 Å². The van der Waals surface area contributed by atoms with Gasteiger partial charge in [-0.1, -0.05) is 24.3 Å². The van der Waals surface area contributed by atoms with E-state index in [4.69, 9.17) is 0 Å². The molecule has 0 spiro atoms. The van der Waals surface area contributed by atoms with Crippen LogP contribution in [0.5, 0.6) is 0 Å². The van der Waals surface area contributed by atoms with Crippen LogP contribution in [0.4, 0.5) is 0 Å². The topological polar surface area (TPSA) is 45.2 Å². The van der Waals surface area contributed by atoms with Gasteiger partial charge in [0.25, 0.3) is 0 Å². The van der Waals surface area contributed by atoms with Crippen LogP contribution in [-0.2, 0) is 24.3 Å². The first-order valence-corrected chi connectivity index (χ1v) is 9.41. The summed E-state index contributed by atoms with van der Waals surface area (Å²) in [6.45, 7) is 7.95. The van der Waals surface area contributed by atoms with E-state index in [2.05, 4.69) is 39.5 Å². The Morgan fingerprint density at radius 2 is 2.00 bits per heavy atom. The third kappa shape index (κ3) is 4.65. The van der Waals surface area contributed by atoms with Crippen molar-refractivity contribution in [1.82, 2.24) is 15.2 Å². The van der Waals surface area contributed by atoms with E-state index in [1.165, 1.54) is 31.5 Å². The van der Waals surface area contributed by atoms with Crippen LogP contribution in [0.2, 0.25) is 0 Å². The molecule has 5 heteroatoms. The van der Waals surface area contributed by atoms with Gasteiger partial charge in [-0.3, -0.25) is 9.69 Å². The summed E-state index contributed by atoms with van der Waals surface area (Å²) in [6.07, 6.45) is 3.04. The molecule has 0 saturated carbocycles. The van der Waals surface area contributed by atoms with Gasteiger partial charge in [-0.2, -0.15) is 0 Å². The van der Waals surface area contributed by atoms with Crippen molar-refractivity contribution in [2.45, 2.75) is 46.2 Å². The SMILES string of the molecule is Cc1nc(C)c(CC(=O)NCc2cccc(CN3CCCC3)c2)s1. The van der Waals surface area contributed by atoms with E-state index in [0.29, 0.717) is 13.0 Å². The summed E-state index contributed by atoms with van der Waals surface area (Å²) in [7, 11) is 0. The number of aryl methyl sites for hydroxylation is 2. The molecule has 0 unspecified atom stereocenters. The molecule has 1 fully saturated rings. The first kappa shape index (κ1) is 17.1. The van der Waals surface area contributed by atoms with Crippen LogP contribution in [0.1, 0.15) is 39.5 Å². The van der Waals surface area contributed by atoms with Crippen molar-refractivity contribution in [1.29, 1.82) is 0 Å². The minimum Gasteiger partial charge on any atom is -0.352 e. The van der Waals surface area contributed by atoms with Crippen LogP contribution in [0, 0.1) is 13.8 Å². The van der Waals surface area contributed by atoms with Crippen LogP contribution in [-0.4, -0.2) is 28.9 Å². The number of thiazole rings is 1. The molecule has 0 aliphatic carbocycles. The number of carbonyl (C=O) groups is 1. The molecular formula is C19H25N3OS. The van der Waals surface area contributed by atoms with Crippen LogP contribution in [0.3, 0.4) is 0 Å². The van der Waals surface area contributed by atoms with Crippen molar-refractivity contribution < 1.29 is 4.79 Å². The first-order valence-electron chi connectivity index (χ1n) is 8.60. The molecule has 2 aromatic rings. The molecule has 0 radical (unpaired) electrons. The maximum absolute atomic E-state index is 12.2. The minimum atomic E-state index is 0.0618. The molecular weight excluding hydrogens is 318 g/mol. The van der Waals surface area contributed by atoms with Crippen LogP contribution in [0.25, 0.3) is 0 Å². The summed E-state index contributed by atoms with van der Waals surface area (Å²) in [5.74, 6) is 0.0618. The Kier molecular flexibility index (Phi) is 5.63. The number of nitrogens with one attached hydrogen (secondary N) is 1. The Morgan fingerprint density at radius 1 is 1.25 bits per heavy atom. The molecule has 1 amide bonds. The molecule has 1 aromatic heterocycles. The van der Waals surface area contributed by atoms with E-state index in [-0.39, 0.29) is 5.91 Å². The number of carbonyl (C=O) groups excluding carboxylic acids is 1. The molecule has 0 bridgehead atoms. The Morgan fingerprint density at radius 3 is 2.71 bits per heavy atom. The Labute approximate surface area is 147 Å². The van der Waals surface area contributed by atoms with Gasteiger partial charge < -0.3 is 5.32 Å². The second kappa shape index (κ2) is 7.90. The summed E-state index contributed by atoms with van der Waals surface area (Å²) in [6, 6.07) is 8.55. The Bertz CT molecular complexity index is 704. The summed E-state index contributed by atoms with van der Waals surface area (Å²) in [5.41, 5.74) is 3.47. The average Bonchev–Trinajstić information content (AvgIpc) is 3.16. The van der Waals surface area contributed by atoms with Crippen molar-refractivity contribution in [3.05, 3.63) is 51.0 Å². The zero-order chi connectivity index (χ0) is 16.9. The average molecular weight is 343 g/mol. The maximum Gasteiger partial charge on any atom is 0.225 e. The monoisotopic (exact) mass is 343 g/mol. The summed E-state index contributed by atoms with van der Waals surface area (Å²) in [5, 5.41) is 4.05. The van der Waals surface area contributed by atoms with Gasteiger partial charge in [0.15, 0.2) is 0 Å². The maximum atomic E-state index is 12.2. The van der Waals surface area contributed by atoms with Crippen molar-refractivity contribution in [2.75, 3.05) is 13.1 Å². The number of amides is 1. The van der Waals surface area contributed by atoms with Crippen LogP contribution in [0.15, 0.2) is 24.3 Å². The Balaban J connectivity index is 1.52. The number of nitrogens with zero attached hydrogens (tertiary/aromatic N) is 2. The van der Waals surface area contributed by atoms with Crippen molar-refractivity contribution in [3.63, 3.8) is 0 Å². The van der Waals surface area contributed by atoms with E-state index < -0.39 is 0 Å².